The number of aliphatic imine (C=N–C) groups is 1. The Balaban J connectivity index is 1.65. The molecule has 0 aliphatic carbocycles. The van der Waals surface area contributed by atoms with Crippen LogP contribution < -0.4 is 9.80 Å². The first-order valence-electron chi connectivity index (χ1n) is 8.91. The summed E-state index contributed by atoms with van der Waals surface area (Å²) < 4.78 is 0. The third-order valence-electron chi connectivity index (χ3n) is 4.81. The maximum atomic E-state index is 11.0. The van der Waals surface area contributed by atoms with E-state index in [2.05, 4.69) is 6.07 Å². The van der Waals surface area contributed by atoms with E-state index in [1.807, 2.05) is 58.3 Å². The molecule has 0 radical (unpaired) electrons. The van der Waals surface area contributed by atoms with Gasteiger partial charge in [0.25, 0.3) is 5.69 Å². The molecule has 8 heteroatoms. The lowest BCUT2D eigenvalue weighted by Crippen LogP contribution is -2.49. The van der Waals surface area contributed by atoms with Crippen LogP contribution >= 0.6 is 24.0 Å². The van der Waals surface area contributed by atoms with Crippen molar-refractivity contribution in [3.63, 3.8) is 0 Å². The summed E-state index contributed by atoms with van der Waals surface area (Å²) in [6, 6.07) is 24.4. The molecular weight excluding hydrogens is 404 g/mol. The second-order valence-electron chi connectivity index (χ2n) is 6.53. The topological polar surface area (TPSA) is 62.0 Å². The third-order valence-corrected chi connectivity index (χ3v) is 6.22. The summed E-state index contributed by atoms with van der Waals surface area (Å²) in [4.78, 5) is 20.7. The lowest BCUT2D eigenvalue weighted by molar-refractivity contribution is -0.384. The molecule has 5 rings (SSSR count). The van der Waals surface area contributed by atoms with Crippen molar-refractivity contribution in [2.24, 2.45) is 4.99 Å². The number of amidine groups is 1. The van der Waals surface area contributed by atoms with Gasteiger partial charge in [-0.1, -0.05) is 30.3 Å². The molecule has 142 valence electrons. The van der Waals surface area contributed by atoms with Crippen molar-refractivity contribution in [2.75, 3.05) is 9.80 Å². The summed E-state index contributed by atoms with van der Waals surface area (Å²) in [5.74, 6) is 0. The molecule has 0 spiro atoms. The molecule has 1 atom stereocenters. The standard InChI is InChI=1S/C21H14N4O2S2/c26-25(27)16-12-10-14(11-13-16)19-22-20-24(17-8-4-5-9-18(17)29-20)21(28)23(19)15-6-2-1-3-7-15/h1-13,19H. The average molecular weight is 419 g/mol. The number of anilines is 2. The first-order chi connectivity index (χ1) is 14.1. The molecule has 0 saturated carbocycles. The molecular formula is C21H14N4O2S2. The summed E-state index contributed by atoms with van der Waals surface area (Å²) >= 11 is 7.50. The number of nitro groups is 1. The van der Waals surface area contributed by atoms with E-state index in [9.17, 15) is 10.1 Å². The summed E-state index contributed by atoms with van der Waals surface area (Å²) in [7, 11) is 0. The van der Waals surface area contributed by atoms with Crippen LogP contribution in [0.4, 0.5) is 17.1 Å². The molecule has 6 nitrogen and oxygen atoms in total. The van der Waals surface area contributed by atoms with Gasteiger partial charge in [0.2, 0.25) is 0 Å². The van der Waals surface area contributed by atoms with Gasteiger partial charge >= 0.3 is 0 Å². The Morgan fingerprint density at radius 2 is 1.66 bits per heavy atom. The predicted molar refractivity (Wildman–Crippen MR) is 120 cm³/mol. The Hall–Kier alpha value is -3.23. The SMILES string of the molecule is O=[N+]([O-])c1ccc(C2N=C3Sc4ccccc4N3C(=S)N2c2ccccc2)cc1. The average Bonchev–Trinajstić information content (AvgIpc) is 3.13. The van der Waals surface area contributed by atoms with Gasteiger partial charge in [0, 0.05) is 22.7 Å². The third kappa shape index (κ3) is 2.97. The highest BCUT2D eigenvalue weighted by atomic mass is 32.2. The number of hydrogen-bond acceptors (Lipinski definition) is 5. The Morgan fingerprint density at radius 3 is 2.38 bits per heavy atom. The zero-order chi connectivity index (χ0) is 20.0. The van der Waals surface area contributed by atoms with Gasteiger partial charge in [-0.2, -0.15) is 0 Å². The van der Waals surface area contributed by atoms with Gasteiger partial charge < -0.3 is 0 Å². The van der Waals surface area contributed by atoms with Crippen LogP contribution in [-0.2, 0) is 0 Å². The molecule has 0 fully saturated rings. The largest absolute Gasteiger partial charge is 0.291 e. The van der Waals surface area contributed by atoms with E-state index >= 15 is 0 Å². The van der Waals surface area contributed by atoms with Crippen molar-refractivity contribution >= 4 is 51.3 Å². The molecule has 3 aromatic rings. The molecule has 0 aromatic heterocycles. The first kappa shape index (κ1) is 17.8. The highest BCUT2D eigenvalue weighted by molar-refractivity contribution is 8.15. The van der Waals surface area contributed by atoms with Gasteiger partial charge in [0.1, 0.15) is 0 Å². The number of non-ortho nitro benzene ring substituents is 1. The number of nitrogens with zero attached hydrogens (tertiary/aromatic N) is 4. The van der Waals surface area contributed by atoms with Crippen molar-refractivity contribution in [3.8, 4) is 0 Å². The fourth-order valence-electron chi connectivity index (χ4n) is 3.45. The van der Waals surface area contributed by atoms with E-state index in [0.717, 1.165) is 27.0 Å². The van der Waals surface area contributed by atoms with Crippen LogP contribution in [0, 0.1) is 10.1 Å². The zero-order valence-corrected chi connectivity index (χ0v) is 16.6. The van der Waals surface area contributed by atoms with Crippen LogP contribution in [0.15, 0.2) is 88.8 Å². The fraction of sp³-hybridized carbons (Fsp3) is 0.0476. The van der Waals surface area contributed by atoms with Crippen LogP contribution in [0.25, 0.3) is 0 Å². The Labute approximate surface area is 176 Å². The second kappa shape index (κ2) is 6.98. The summed E-state index contributed by atoms with van der Waals surface area (Å²) in [5, 5.41) is 12.5. The number of thioether (sulfide) groups is 1. The number of hydrogen-bond donors (Lipinski definition) is 0. The van der Waals surface area contributed by atoms with Crippen molar-refractivity contribution in [1.82, 2.24) is 0 Å². The van der Waals surface area contributed by atoms with E-state index in [0.29, 0.717) is 5.11 Å². The van der Waals surface area contributed by atoms with E-state index in [1.54, 1.807) is 23.9 Å². The van der Waals surface area contributed by atoms with Crippen LogP contribution in [0.3, 0.4) is 0 Å². The van der Waals surface area contributed by atoms with Crippen LogP contribution in [-0.4, -0.2) is 15.2 Å². The second-order valence-corrected chi connectivity index (χ2v) is 7.90. The molecule has 0 N–H and O–H groups in total. The fourth-order valence-corrected chi connectivity index (χ4v) is 4.93. The summed E-state index contributed by atoms with van der Waals surface area (Å²) in [6.07, 6.45) is -0.404. The molecule has 2 aliphatic rings. The summed E-state index contributed by atoms with van der Waals surface area (Å²) in [6.45, 7) is 0. The van der Waals surface area contributed by atoms with E-state index in [4.69, 9.17) is 17.2 Å². The van der Waals surface area contributed by atoms with E-state index in [-0.39, 0.29) is 5.69 Å². The van der Waals surface area contributed by atoms with Gasteiger partial charge in [0.05, 0.1) is 10.6 Å². The molecule has 29 heavy (non-hydrogen) atoms. The molecule has 1 unspecified atom stereocenters. The monoisotopic (exact) mass is 418 g/mol. The van der Waals surface area contributed by atoms with Gasteiger partial charge in [-0.15, -0.1) is 0 Å². The lowest BCUT2D eigenvalue weighted by Gasteiger charge is -2.39. The van der Waals surface area contributed by atoms with Crippen LogP contribution in [0.5, 0.6) is 0 Å². The van der Waals surface area contributed by atoms with Gasteiger partial charge in [0.15, 0.2) is 16.4 Å². The quantitative estimate of drug-likeness (QED) is 0.324. The predicted octanol–water partition coefficient (Wildman–Crippen LogP) is 5.37. The number of rotatable bonds is 3. The number of para-hydroxylation sites is 2. The number of nitro benzene ring substituents is 1. The van der Waals surface area contributed by atoms with Gasteiger partial charge in [-0.05, 0) is 65.9 Å². The Kier molecular flexibility index (Phi) is 4.30. The highest BCUT2D eigenvalue weighted by Gasteiger charge is 2.40. The van der Waals surface area contributed by atoms with Crippen molar-refractivity contribution in [1.29, 1.82) is 0 Å². The zero-order valence-electron chi connectivity index (χ0n) is 15.0. The van der Waals surface area contributed by atoms with E-state index < -0.39 is 11.1 Å². The lowest BCUT2D eigenvalue weighted by atomic mass is 10.1. The van der Waals surface area contributed by atoms with Gasteiger partial charge in [-0.25, -0.2) is 4.99 Å². The minimum absolute atomic E-state index is 0.0512. The minimum atomic E-state index is -0.404. The Morgan fingerprint density at radius 1 is 0.966 bits per heavy atom. The number of thiocarbonyl (C=S) groups is 1. The normalized spacial score (nSPS) is 17.6. The highest BCUT2D eigenvalue weighted by Crippen LogP contribution is 2.46. The maximum Gasteiger partial charge on any atom is 0.269 e. The smallest absolute Gasteiger partial charge is 0.269 e. The molecule has 0 bridgehead atoms. The van der Waals surface area contributed by atoms with Crippen molar-refractivity contribution < 1.29 is 4.92 Å². The van der Waals surface area contributed by atoms with Crippen molar-refractivity contribution in [2.45, 2.75) is 11.1 Å². The van der Waals surface area contributed by atoms with Crippen molar-refractivity contribution in [3.05, 3.63) is 94.5 Å². The molecule has 0 saturated heterocycles. The molecule has 2 heterocycles. The van der Waals surface area contributed by atoms with Crippen LogP contribution in [0.1, 0.15) is 11.7 Å². The summed E-state index contributed by atoms with van der Waals surface area (Å²) in [5.41, 5.74) is 2.82. The first-order valence-corrected chi connectivity index (χ1v) is 10.1. The van der Waals surface area contributed by atoms with Crippen LogP contribution in [0.2, 0.25) is 0 Å². The number of benzene rings is 3. The van der Waals surface area contributed by atoms with Gasteiger partial charge in [-0.3, -0.25) is 19.9 Å². The molecule has 2 aliphatic heterocycles. The van der Waals surface area contributed by atoms with E-state index in [1.165, 1.54) is 12.1 Å². The number of fused-ring (bicyclic) bond motifs is 3. The molecule has 3 aromatic carbocycles. The Bertz CT molecular complexity index is 1150. The minimum Gasteiger partial charge on any atom is -0.291 e. The molecule has 0 amide bonds. The maximum absolute atomic E-state index is 11.0.